The Morgan fingerprint density at radius 2 is 2.20 bits per heavy atom. The number of hydrogen-bond acceptors (Lipinski definition) is 2. The number of anilines is 2. The summed E-state index contributed by atoms with van der Waals surface area (Å²) in [5.41, 5.74) is 8.65. The molecule has 1 aromatic rings. The highest BCUT2D eigenvalue weighted by Gasteiger charge is 2.17. The number of benzene rings is 1. The average molecular weight is 225 g/mol. The highest BCUT2D eigenvalue weighted by molar-refractivity contribution is 6.33. The van der Waals surface area contributed by atoms with Crippen molar-refractivity contribution in [2.75, 3.05) is 17.6 Å². The van der Waals surface area contributed by atoms with Gasteiger partial charge in [0.15, 0.2) is 0 Å². The standard InChI is InChI=1S/C12H17ClN2/c1-8-5-11(14)10(13)6-12(8)15-7-9-3-2-4-9/h5-6,9,15H,2-4,7,14H2,1H3. The fourth-order valence-corrected chi connectivity index (χ4v) is 2.01. The van der Waals surface area contributed by atoms with Crippen LogP contribution >= 0.6 is 11.6 Å². The van der Waals surface area contributed by atoms with Crippen molar-refractivity contribution in [2.24, 2.45) is 5.92 Å². The molecule has 0 bridgehead atoms. The van der Waals surface area contributed by atoms with Crippen LogP contribution in [0.4, 0.5) is 11.4 Å². The van der Waals surface area contributed by atoms with Crippen molar-refractivity contribution in [3.63, 3.8) is 0 Å². The molecule has 1 aromatic carbocycles. The lowest BCUT2D eigenvalue weighted by atomic mass is 9.85. The molecule has 1 saturated carbocycles. The Hall–Kier alpha value is -0.890. The number of nitrogen functional groups attached to an aromatic ring is 1. The Morgan fingerprint density at radius 1 is 1.47 bits per heavy atom. The summed E-state index contributed by atoms with van der Waals surface area (Å²) in [6.07, 6.45) is 4.09. The van der Waals surface area contributed by atoms with Crippen LogP contribution in [0.3, 0.4) is 0 Å². The molecule has 1 aliphatic carbocycles. The van der Waals surface area contributed by atoms with Crippen molar-refractivity contribution in [2.45, 2.75) is 26.2 Å². The summed E-state index contributed by atoms with van der Waals surface area (Å²) in [5.74, 6) is 0.848. The zero-order valence-corrected chi connectivity index (χ0v) is 9.77. The van der Waals surface area contributed by atoms with E-state index in [1.54, 1.807) is 0 Å². The van der Waals surface area contributed by atoms with Gasteiger partial charge in [0.1, 0.15) is 0 Å². The van der Waals surface area contributed by atoms with Crippen LogP contribution in [0, 0.1) is 12.8 Å². The molecule has 15 heavy (non-hydrogen) atoms. The quantitative estimate of drug-likeness (QED) is 0.772. The van der Waals surface area contributed by atoms with Crippen molar-refractivity contribution in [1.29, 1.82) is 0 Å². The molecule has 0 atom stereocenters. The SMILES string of the molecule is Cc1cc(N)c(Cl)cc1NCC1CCC1. The molecular weight excluding hydrogens is 208 g/mol. The topological polar surface area (TPSA) is 38.0 Å². The van der Waals surface area contributed by atoms with Crippen molar-refractivity contribution >= 4 is 23.0 Å². The Kier molecular flexibility index (Phi) is 3.06. The second-order valence-electron chi connectivity index (χ2n) is 4.37. The Balaban J connectivity index is 2.03. The molecule has 0 amide bonds. The van der Waals surface area contributed by atoms with Gasteiger partial charge in [0, 0.05) is 12.2 Å². The van der Waals surface area contributed by atoms with Crippen molar-refractivity contribution in [3.05, 3.63) is 22.7 Å². The third kappa shape index (κ3) is 2.37. The second-order valence-corrected chi connectivity index (χ2v) is 4.77. The van der Waals surface area contributed by atoms with Gasteiger partial charge in [0.05, 0.1) is 10.7 Å². The molecule has 3 N–H and O–H groups in total. The minimum Gasteiger partial charge on any atom is -0.398 e. The Bertz CT molecular complexity index is 359. The largest absolute Gasteiger partial charge is 0.398 e. The molecule has 0 aliphatic heterocycles. The molecule has 0 radical (unpaired) electrons. The van der Waals surface area contributed by atoms with Crippen molar-refractivity contribution in [3.8, 4) is 0 Å². The molecule has 0 aromatic heterocycles. The van der Waals surface area contributed by atoms with Gasteiger partial charge in [0.2, 0.25) is 0 Å². The fourth-order valence-electron chi connectivity index (χ4n) is 1.85. The van der Waals surface area contributed by atoms with Crippen molar-refractivity contribution < 1.29 is 0 Å². The first-order valence-corrected chi connectivity index (χ1v) is 5.84. The van der Waals surface area contributed by atoms with Gasteiger partial charge >= 0.3 is 0 Å². The number of halogens is 1. The molecule has 82 valence electrons. The molecule has 0 heterocycles. The van der Waals surface area contributed by atoms with E-state index in [9.17, 15) is 0 Å². The molecule has 1 fully saturated rings. The van der Waals surface area contributed by atoms with Gasteiger partial charge in [-0.15, -0.1) is 0 Å². The van der Waals surface area contributed by atoms with Crippen LogP contribution < -0.4 is 11.1 Å². The number of nitrogens with two attached hydrogens (primary N) is 1. The molecule has 3 heteroatoms. The summed E-state index contributed by atoms with van der Waals surface area (Å²) in [4.78, 5) is 0. The van der Waals surface area contributed by atoms with Gasteiger partial charge in [-0.2, -0.15) is 0 Å². The summed E-state index contributed by atoms with van der Waals surface area (Å²) in [5, 5.41) is 4.08. The van der Waals surface area contributed by atoms with E-state index in [1.807, 2.05) is 12.1 Å². The zero-order valence-electron chi connectivity index (χ0n) is 9.02. The third-order valence-corrected chi connectivity index (χ3v) is 3.48. The predicted octanol–water partition coefficient (Wildman–Crippen LogP) is 3.44. The Morgan fingerprint density at radius 3 is 2.80 bits per heavy atom. The van der Waals surface area contributed by atoms with Gasteiger partial charge < -0.3 is 11.1 Å². The second kappa shape index (κ2) is 4.31. The van der Waals surface area contributed by atoms with E-state index in [0.717, 1.165) is 23.7 Å². The third-order valence-electron chi connectivity index (χ3n) is 3.15. The fraction of sp³-hybridized carbons (Fsp3) is 0.500. The normalized spacial score (nSPS) is 16.1. The first-order chi connectivity index (χ1) is 7.16. The predicted molar refractivity (Wildman–Crippen MR) is 66.4 cm³/mol. The van der Waals surface area contributed by atoms with E-state index >= 15 is 0 Å². The summed E-state index contributed by atoms with van der Waals surface area (Å²) < 4.78 is 0. The van der Waals surface area contributed by atoms with Crippen LogP contribution in [0.2, 0.25) is 5.02 Å². The lowest BCUT2D eigenvalue weighted by molar-refractivity contribution is 0.333. The van der Waals surface area contributed by atoms with E-state index in [4.69, 9.17) is 17.3 Å². The highest BCUT2D eigenvalue weighted by Crippen LogP contribution is 2.29. The van der Waals surface area contributed by atoms with Gasteiger partial charge in [-0.05, 0) is 43.4 Å². The number of nitrogens with one attached hydrogen (secondary N) is 1. The van der Waals surface area contributed by atoms with Crippen LogP contribution in [0.5, 0.6) is 0 Å². The molecule has 0 unspecified atom stereocenters. The lowest BCUT2D eigenvalue weighted by Crippen LogP contribution is -2.21. The minimum atomic E-state index is 0.636. The lowest BCUT2D eigenvalue weighted by Gasteiger charge is -2.26. The van der Waals surface area contributed by atoms with Gasteiger partial charge in [0.25, 0.3) is 0 Å². The number of aryl methyl sites for hydroxylation is 1. The molecule has 1 aliphatic rings. The van der Waals surface area contributed by atoms with Crippen molar-refractivity contribution in [1.82, 2.24) is 0 Å². The van der Waals surface area contributed by atoms with Gasteiger partial charge in [-0.3, -0.25) is 0 Å². The van der Waals surface area contributed by atoms with Crippen LogP contribution in [0.25, 0.3) is 0 Å². The Labute approximate surface area is 95.8 Å². The number of hydrogen-bond donors (Lipinski definition) is 2. The summed E-state index contributed by atoms with van der Waals surface area (Å²) in [6, 6.07) is 3.84. The molecule has 0 spiro atoms. The van der Waals surface area contributed by atoms with E-state index in [1.165, 1.54) is 19.3 Å². The van der Waals surface area contributed by atoms with Gasteiger partial charge in [-0.25, -0.2) is 0 Å². The van der Waals surface area contributed by atoms with Crippen LogP contribution in [-0.2, 0) is 0 Å². The monoisotopic (exact) mass is 224 g/mol. The summed E-state index contributed by atoms with van der Waals surface area (Å²) >= 11 is 5.98. The first-order valence-electron chi connectivity index (χ1n) is 5.46. The maximum Gasteiger partial charge on any atom is 0.0656 e. The van der Waals surface area contributed by atoms with E-state index in [0.29, 0.717) is 10.7 Å². The maximum absolute atomic E-state index is 5.98. The summed E-state index contributed by atoms with van der Waals surface area (Å²) in [6.45, 7) is 3.11. The van der Waals surface area contributed by atoms with E-state index in [2.05, 4.69) is 12.2 Å². The van der Waals surface area contributed by atoms with Crippen LogP contribution in [-0.4, -0.2) is 6.54 Å². The molecule has 0 saturated heterocycles. The summed E-state index contributed by atoms with van der Waals surface area (Å²) in [7, 11) is 0. The molecule has 2 rings (SSSR count). The molecule has 2 nitrogen and oxygen atoms in total. The van der Waals surface area contributed by atoms with Crippen LogP contribution in [0.1, 0.15) is 24.8 Å². The van der Waals surface area contributed by atoms with E-state index < -0.39 is 0 Å². The van der Waals surface area contributed by atoms with E-state index in [-0.39, 0.29) is 0 Å². The number of rotatable bonds is 3. The smallest absolute Gasteiger partial charge is 0.0656 e. The highest BCUT2D eigenvalue weighted by atomic mass is 35.5. The average Bonchev–Trinajstić information content (AvgIpc) is 2.11. The van der Waals surface area contributed by atoms with Gasteiger partial charge in [-0.1, -0.05) is 18.0 Å². The van der Waals surface area contributed by atoms with Crippen LogP contribution in [0.15, 0.2) is 12.1 Å². The maximum atomic E-state index is 5.98. The zero-order chi connectivity index (χ0) is 10.8. The molecular formula is C12H17ClN2. The minimum absolute atomic E-state index is 0.636. The first kappa shape index (κ1) is 10.6.